The van der Waals surface area contributed by atoms with Crippen LogP contribution in [-0.2, 0) is 12.8 Å². The molecule has 1 aliphatic heterocycles. The molecule has 4 heteroatoms. The highest BCUT2D eigenvalue weighted by Gasteiger charge is 2.35. The van der Waals surface area contributed by atoms with Gasteiger partial charge < -0.3 is 9.67 Å². The second-order valence-corrected chi connectivity index (χ2v) is 8.09. The minimum atomic E-state index is -0.420. The second-order valence-electron chi connectivity index (χ2n) is 8.09. The molecule has 0 aromatic carbocycles. The quantitative estimate of drug-likeness (QED) is 0.932. The van der Waals surface area contributed by atoms with Crippen LogP contribution in [0.25, 0.3) is 0 Å². The molecule has 128 valence electrons. The van der Waals surface area contributed by atoms with Crippen LogP contribution >= 0.6 is 0 Å². The summed E-state index contributed by atoms with van der Waals surface area (Å²) in [6, 6.07) is 0.566. The van der Waals surface area contributed by atoms with E-state index in [1.807, 2.05) is 0 Å². The van der Waals surface area contributed by atoms with Gasteiger partial charge in [0.2, 0.25) is 0 Å². The number of hydrogen-bond donors (Lipinski definition) is 1. The maximum Gasteiger partial charge on any atom is 0.106 e. The number of β-amino-alcohol motifs (C(OH)–C–C–N with tert-alkyl or cyclic N) is 1. The summed E-state index contributed by atoms with van der Waals surface area (Å²) in [5.74, 6) is 1.21. The topological polar surface area (TPSA) is 41.3 Å². The summed E-state index contributed by atoms with van der Waals surface area (Å²) >= 11 is 0. The Kier molecular flexibility index (Phi) is 4.22. The maximum atomic E-state index is 10.8. The minimum absolute atomic E-state index is 0.420. The van der Waals surface area contributed by atoms with Gasteiger partial charge in [0.25, 0.3) is 0 Å². The van der Waals surface area contributed by atoms with Crippen molar-refractivity contribution < 1.29 is 5.11 Å². The molecule has 4 rings (SSSR count). The Hall–Kier alpha value is -0.870. The van der Waals surface area contributed by atoms with Gasteiger partial charge in [0, 0.05) is 31.4 Å². The van der Waals surface area contributed by atoms with Crippen LogP contribution in [0.5, 0.6) is 0 Å². The molecule has 2 aliphatic carbocycles. The number of imidazole rings is 1. The van der Waals surface area contributed by atoms with Crippen molar-refractivity contribution in [1.29, 1.82) is 0 Å². The van der Waals surface area contributed by atoms with E-state index in [1.54, 1.807) is 0 Å². The first kappa shape index (κ1) is 15.6. The Morgan fingerprint density at radius 3 is 2.74 bits per heavy atom. The molecule has 3 aliphatic rings. The molecular weight excluding hydrogens is 286 g/mol. The lowest BCUT2D eigenvalue weighted by Crippen LogP contribution is -2.43. The smallest absolute Gasteiger partial charge is 0.106 e. The highest BCUT2D eigenvalue weighted by Crippen LogP contribution is 2.33. The van der Waals surface area contributed by atoms with Crippen LogP contribution in [0, 0.1) is 6.92 Å². The largest absolute Gasteiger partial charge is 0.389 e. The summed E-state index contributed by atoms with van der Waals surface area (Å²) in [4.78, 5) is 7.35. The van der Waals surface area contributed by atoms with Gasteiger partial charge in [-0.15, -0.1) is 0 Å². The SMILES string of the molecule is Cc1nc2c(n1[C@@H]1CCN(CC3(O)CCCCC3)C1)CCCC2. The summed E-state index contributed by atoms with van der Waals surface area (Å²) in [5, 5.41) is 10.8. The Morgan fingerprint density at radius 1 is 1.13 bits per heavy atom. The highest BCUT2D eigenvalue weighted by molar-refractivity contribution is 5.21. The summed E-state index contributed by atoms with van der Waals surface area (Å²) in [6.07, 6.45) is 11.9. The number of aromatic nitrogens is 2. The number of rotatable bonds is 3. The molecule has 1 saturated carbocycles. The normalized spacial score (nSPS) is 28.0. The van der Waals surface area contributed by atoms with Crippen LogP contribution in [0.15, 0.2) is 0 Å². The fraction of sp³-hybridized carbons (Fsp3) is 0.842. The molecule has 1 aromatic rings. The van der Waals surface area contributed by atoms with Gasteiger partial charge in [-0.1, -0.05) is 19.3 Å². The van der Waals surface area contributed by atoms with Gasteiger partial charge in [0.15, 0.2) is 0 Å². The van der Waals surface area contributed by atoms with Crippen molar-refractivity contribution in [2.75, 3.05) is 19.6 Å². The Bertz CT molecular complexity index is 559. The van der Waals surface area contributed by atoms with E-state index in [1.165, 1.54) is 68.6 Å². The third-order valence-electron chi connectivity index (χ3n) is 6.26. The minimum Gasteiger partial charge on any atom is -0.389 e. The lowest BCUT2D eigenvalue weighted by molar-refractivity contribution is -0.0219. The van der Waals surface area contributed by atoms with Crippen molar-refractivity contribution in [2.45, 2.75) is 82.8 Å². The molecule has 4 nitrogen and oxygen atoms in total. The predicted molar refractivity (Wildman–Crippen MR) is 91.7 cm³/mol. The monoisotopic (exact) mass is 317 g/mol. The van der Waals surface area contributed by atoms with Crippen LogP contribution in [0.1, 0.15) is 74.6 Å². The van der Waals surface area contributed by atoms with Crippen LogP contribution in [0.4, 0.5) is 0 Å². The van der Waals surface area contributed by atoms with Gasteiger partial charge in [0.05, 0.1) is 11.3 Å². The van der Waals surface area contributed by atoms with Crippen molar-refractivity contribution in [3.63, 3.8) is 0 Å². The zero-order valence-electron chi connectivity index (χ0n) is 14.6. The van der Waals surface area contributed by atoms with Gasteiger partial charge in [-0.05, 0) is 51.9 Å². The van der Waals surface area contributed by atoms with E-state index >= 15 is 0 Å². The average molecular weight is 317 g/mol. The summed E-state index contributed by atoms with van der Waals surface area (Å²) in [6.45, 7) is 5.26. The van der Waals surface area contributed by atoms with E-state index in [-0.39, 0.29) is 0 Å². The molecule has 0 radical (unpaired) electrons. The number of hydrogen-bond acceptors (Lipinski definition) is 3. The number of nitrogens with zero attached hydrogens (tertiary/aromatic N) is 3. The average Bonchev–Trinajstić information content (AvgIpc) is 3.10. The van der Waals surface area contributed by atoms with Crippen molar-refractivity contribution in [1.82, 2.24) is 14.5 Å². The van der Waals surface area contributed by atoms with E-state index in [9.17, 15) is 5.11 Å². The molecule has 0 spiro atoms. The van der Waals surface area contributed by atoms with Gasteiger partial charge in [0.1, 0.15) is 5.82 Å². The highest BCUT2D eigenvalue weighted by atomic mass is 16.3. The number of aliphatic hydroxyl groups is 1. The molecule has 1 saturated heterocycles. The number of fused-ring (bicyclic) bond motifs is 1. The molecule has 1 aromatic heterocycles. The zero-order chi connectivity index (χ0) is 15.9. The number of likely N-dealkylation sites (tertiary alicyclic amines) is 1. The van der Waals surface area contributed by atoms with Crippen LogP contribution < -0.4 is 0 Å². The summed E-state index contributed by atoms with van der Waals surface area (Å²) < 4.78 is 2.54. The third kappa shape index (κ3) is 3.08. The lowest BCUT2D eigenvalue weighted by atomic mass is 9.84. The van der Waals surface area contributed by atoms with E-state index in [0.29, 0.717) is 6.04 Å². The first-order valence-electron chi connectivity index (χ1n) is 9.66. The molecule has 0 amide bonds. The van der Waals surface area contributed by atoms with E-state index in [0.717, 1.165) is 32.5 Å². The van der Waals surface area contributed by atoms with Crippen LogP contribution in [-0.4, -0.2) is 44.8 Å². The number of aryl methyl sites for hydroxylation is 2. The van der Waals surface area contributed by atoms with Gasteiger partial charge >= 0.3 is 0 Å². The van der Waals surface area contributed by atoms with E-state index < -0.39 is 5.60 Å². The first-order valence-corrected chi connectivity index (χ1v) is 9.66. The molecule has 2 heterocycles. The zero-order valence-corrected chi connectivity index (χ0v) is 14.6. The van der Waals surface area contributed by atoms with Crippen molar-refractivity contribution in [3.05, 3.63) is 17.2 Å². The summed E-state index contributed by atoms with van der Waals surface area (Å²) in [7, 11) is 0. The Balaban J connectivity index is 1.45. The molecule has 2 fully saturated rings. The van der Waals surface area contributed by atoms with E-state index in [2.05, 4.69) is 16.4 Å². The maximum absolute atomic E-state index is 10.8. The predicted octanol–water partition coefficient (Wildman–Crippen LogP) is 3.01. The molecule has 23 heavy (non-hydrogen) atoms. The third-order valence-corrected chi connectivity index (χ3v) is 6.26. The molecule has 1 N–H and O–H groups in total. The Morgan fingerprint density at radius 2 is 1.91 bits per heavy atom. The van der Waals surface area contributed by atoms with E-state index in [4.69, 9.17) is 4.98 Å². The van der Waals surface area contributed by atoms with Crippen LogP contribution in [0.3, 0.4) is 0 Å². The van der Waals surface area contributed by atoms with Crippen molar-refractivity contribution in [3.8, 4) is 0 Å². The van der Waals surface area contributed by atoms with Crippen molar-refractivity contribution >= 4 is 0 Å². The lowest BCUT2D eigenvalue weighted by Gasteiger charge is -2.35. The molecule has 1 atom stereocenters. The second kappa shape index (κ2) is 6.21. The molecule has 0 bridgehead atoms. The molecular formula is C19H31N3O. The van der Waals surface area contributed by atoms with Gasteiger partial charge in [-0.3, -0.25) is 4.90 Å². The Labute approximate surface area is 139 Å². The fourth-order valence-corrected chi connectivity index (χ4v) is 5.13. The van der Waals surface area contributed by atoms with Gasteiger partial charge in [-0.25, -0.2) is 4.98 Å². The standard InChI is InChI=1S/C19H31N3O/c1-15-20-17-7-3-4-8-18(17)22(15)16-9-12-21(13-16)14-19(23)10-5-2-6-11-19/h16,23H,2-14H2,1H3/t16-/m1/s1. The van der Waals surface area contributed by atoms with Crippen molar-refractivity contribution in [2.24, 2.45) is 0 Å². The van der Waals surface area contributed by atoms with Gasteiger partial charge in [-0.2, -0.15) is 0 Å². The first-order chi connectivity index (χ1) is 11.1. The fourth-order valence-electron chi connectivity index (χ4n) is 5.13. The van der Waals surface area contributed by atoms with Crippen LogP contribution in [0.2, 0.25) is 0 Å². The molecule has 0 unspecified atom stereocenters. The summed E-state index contributed by atoms with van der Waals surface area (Å²) in [5.41, 5.74) is 2.45.